The van der Waals surface area contributed by atoms with E-state index in [9.17, 15) is 9.90 Å². The van der Waals surface area contributed by atoms with Gasteiger partial charge in [-0.1, -0.05) is 12.1 Å². The van der Waals surface area contributed by atoms with Gasteiger partial charge in [0.05, 0.1) is 29.8 Å². The Balaban J connectivity index is 1.43. The van der Waals surface area contributed by atoms with Crippen LogP contribution in [0.5, 0.6) is 5.88 Å². The summed E-state index contributed by atoms with van der Waals surface area (Å²) in [4.78, 5) is 34.8. The third kappa shape index (κ3) is 3.50. The Hall–Kier alpha value is -4.48. The summed E-state index contributed by atoms with van der Waals surface area (Å²) in [6.45, 7) is 0.420. The zero-order valence-electron chi connectivity index (χ0n) is 17.6. The van der Waals surface area contributed by atoms with E-state index in [1.54, 1.807) is 16.8 Å². The lowest BCUT2D eigenvalue weighted by Gasteiger charge is -2.06. The Morgan fingerprint density at radius 1 is 1.24 bits per heavy atom. The van der Waals surface area contributed by atoms with Crippen LogP contribution < -0.4 is 21.8 Å². The molecule has 0 aliphatic heterocycles. The van der Waals surface area contributed by atoms with E-state index in [0.29, 0.717) is 29.0 Å². The van der Waals surface area contributed by atoms with E-state index in [4.69, 9.17) is 0 Å². The minimum atomic E-state index is -0.501. The number of fused-ring (bicyclic) bond motifs is 2. The summed E-state index contributed by atoms with van der Waals surface area (Å²) >= 11 is 0. The lowest BCUT2D eigenvalue weighted by molar-refractivity contribution is 0.454. The molecule has 5 aromatic rings. The molecule has 166 valence electrons. The molecule has 12 nitrogen and oxygen atoms in total. The van der Waals surface area contributed by atoms with Crippen LogP contribution in [0.2, 0.25) is 0 Å². The number of benzene rings is 1. The number of aromatic nitrogens is 8. The first-order valence-electron chi connectivity index (χ1n) is 10.5. The van der Waals surface area contributed by atoms with Crippen molar-refractivity contribution in [2.24, 2.45) is 12.0 Å². The molecule has 0 amide bonds. The molecule has 1 saturated carbocycles. The molecule has 4 aromatic heterocycles. The van der Waals surface area contributed by atoms with Gasteiger partial charge in [-0.15, -0.1) is 0 Å². The summed E-state index contributed by atoms with van der Waals surface area (Å²) in [7, 11) is 1.97. The van der Waals surface area contributed by atoms with Gasteiger partial charge in [-0.05, 0) is 31.1 Å². The number of aryl methyl sites for hydroxylation is 1. The summed E-state index contributed by atoms with van der Waals surface area (Å²) in [5.74, 6) is 0.975. The maximum atomic E-state index is 11.5. The van der Waals surface area contributed by atoms with Crippen LogP contribution in [-0.2, 0) is 13.6 Å². The highest BCUT2D eigenvalue weighted by Gasteiger charge is 2.21. The summed E-state index contributed by atoms with van der Waals surface area (Å²) < 4.78 is 3.59. The number of hydrogen-bond acceptors (Lipinski definition) is 8. The fourth-order valence-electron chi connectivity index (χ4n) is 3.67. The molecule has 0 unspecified atom stereocenters. The number of H-pyrrole nitrogens is 2. The second-order valence-corrected chi connectivity index (χ2v) is 7.96. The monoisotopic (exact) mass is 444 g/mol. The molecule has 1 aliphatic carbocycles. The number of imidazole rings is 2. The Labute approximate surface area is 185 Å². The van der Waals surface area contributed by atoms with Gasteiger partial charge in [0.2, 0.25) is 11.8 Å². The zero-order valence-corrected chi connectivity index (χ0v) is 17.6. The van der Waals surface area contributed by atoms with Crippen LogP contribution in [-0.4, -0.2) is 50.2 Å². The van der Waals surface area contributed by atoms with Crippen LogP contribution in [0.4, 0.5) is 5.95 Å². The summed E-state index contributed by atoms with van der Waals surface area (Å²) in [5.41, 5.74) is 2.65. The Kier molecular flexibility index (Phi) is 4.25. The van der Waals surface area contributed by atoms with E-state index < -0.39 is 5.69 Å². The van der Waals surface area contributed by atoms with Crippen LogP contribution >= 0.6 is 0 Å². The number of rotatable bonds is 5. The summed E-state index contributed by atoms with van der Waals surface area (Å²) in [6, 6.07) is 8.18. The third-order valence-electron chi connectivity index (χ3n) is 5.54. The van der Waals surface area contributed by atoms with Crippen LogP contribution in [0.3, 0.4) is 0 Å². The number of anilines is 1. The first-order chi connectivity index (χ1) is 16.0. The average molecular weight is 444 g/mol. The van der Waals surface area contributed by atoms with Gasteiger partial charge < -0.3 is 20.0 Å². The van der Waals surface area contributed by atoms with Gasteiger partial charge >= 0.3 is 5.69 Å². The number of aromatic amines is 2. The van der Waals surface area contributed by atoms with Gasteiger partial charge in [0, 0.05) is 12.3 Å². The lowest BCUT2D eigenvalue weighted by Crippen LogP contribution is -2.25. The van der Waals surface area contributed by atoms with Crippen molar-refractivity contribution >= 4 is 28.7 Å². The van der Waals surface area contributed by atoms with Crippen molar-refractivity contribution in [3.05, 3.63) is 63.3 Å². The van der Waals surface area contributed by atoms with E-state index in [2.05, 4.69) is 40.3 Å². The standard InChI is InChI=1S/C21H20N10O2/c1-30-15-5-3-2-4-13(15)25-16(30)10-22-19-27-17-11(8-14-18(32)28-21(33)26-14)9-23-31(17)20(29-19)24-12-6-7-12/h2-5,8-9,12,32H,6-7,10H2,1H3,(H,22,24,29)(H2,26,28,33)/b11-8+. The van der Waals surface area contributed by atoms with Gasteiger partial charge in [0.15, 0.2) is 5.65 Å². The fraction of sp³-hybridized carbons (Fsp3) is 0.238. The zero-order chi connectivity index (χ0) is 22.5. The summed E-state index contributed by atoms with van der Waals surface area (Å²) in [6.07, 6.45) is 5.23. The van der Waals surface area contributed by atoms with Crippen molar-refractivity contribution in [1.82, 2.24) is 39.1 Å². The van der Waals surface area contributed by atoms with Crippen LogP contribution in [0, 0.1) is 0 Å². The Morgan fingerprint density at radius 2 is 2.09 bits per heavy atom. The van der Waals surface area contributed by atoms with Gasteiger partial charge in [-0.3, -0.25) is 4.98 Å². The number of hydrogen-bond donors (Lipinski definition) is 4. The quantitative estimate of drug-likeness (QED) is 0.296. The third-order valence-corrected chi connectivity index (χ3v) is 5.54. The number of aromatic hydroxyl groups is 1. The first kappa shape index (κ1) is 19.2. The molecule has 4 heterocycles. The molecule has 1 aromatic carbocycles. The van der Waals surface area contributed by atoms with E-state index in [-0.39, 0.29) is 17.6 Å². The van der Waals surface area contributed by atoms with Crippen molar-refractivity contribution in [3.63, 3.8) is 0 Å². The highest BCUT2D eigenvalue weighted by molar-refractivity contribution is 5.75. The molecule has 0 bridgehead atoms. The van der Waals surface area contributed by atoms with Gasteiger partial charge in [-0.2, -0.15) is 19.6 Å². The smallest absolute Gasteiger partial charge is 0.326 e. The number of nitrogens with one attached hydrogen (secondary N) is 3. The average Bonchev–Trinajstić information content (AvgIpc) is 3.31. The van der Waals surface area contributed by atoms with E-state index in [0.717, 1.165) is 29.7 Å². The second kappa shape index (κ2) is 7.29. The largest absolute Gasteiger partial charge is 0.493 e. The van der Waals surface area contributed by atoms with Gasteiger partial charge in [0.25, 0.3) is 5.62 Å². The number of nitrogens with zero attached hydrogens (tertiary/aromatic N) is 7. The Bertz CT molecular complexity index is 1690. The normalized spacial score (nSPS) is 15.2. The molecular formula is C21H20N10O2. The van der Waals surface area contributed by atoms with E-state index >= 15 is 0 Å². The number of para-hydroxylation sites is 2. The molecule has 0 radical (unpaired) electrons. The fourth-order valence-corrected chi connectivity index (χ4v) is 3.67. The predicted octanol–water partition coefficient (Wildman–Crippen LogP) is -0.0441. The van der Waals surface area contributed by atoms with Gasteiger partial charge in [-0.25, -0.2) is 14.8 Å². The van der Waals surface area contributed by atoms with Gasteiger partial charge in [0.1, 0.15) is 11.5 Å². The molecule has 4 N–H and O–H groups in total. The molecule has 1 fully saturated rings. The van der Waals surface area contributed by atoms with Crippen molar-refractivity contribution < 1.29 is 5.11 Å². The maximum absolute atomic E-state index is 11.5. The van der Waals surface area contributed by atoms with E-state index in [1.165, 1.54) is 0 Å². The van der Waals surface area contributed by atoms with Crippen molar-refractivity contribution in [1.29, 1.82) is 0 Å². The molecule has 1 aliphatic rings. The molecule has 0 spiro atoms. The molecule has 6 rings (SSSR count). The highest BCUT2D eigenvalue weighted by Crippen LogP contribution is 2.22. The minimum Gasteiger partial charge on any atom is -0.493 e. The second-order valence-electron chi connectivity index (χ2n) is 7.96. The molecule has 0 saturated heterocycles. The lowest BCUT2D eigenvalue weighted by atomic mass is 10.3. The molecule has 33 heavy (non-hydrogen) atoms. The maximum Gasteiger partial charge on any atom is 0.326 e. The van der Waals surface area contributed by atoms with Crippen molar-refractivity contribution in [2.75, 3.05) is 5.32 Å². The van der Waals surface area contributed by atoms with Crippen LogP contribution in [0.1, 0.15) is 24.4 Å². The molecule has 12 heteroatoms. The van der Waals surface area contributed by atoms with Crippen molar-refractivity contribution in [2.45, 2.75) is 25.4 Å². The topological polar surface area (TPSA) is 154 Å². The van der Waals surface area contributed by atoms with Crippen molar-refractivity contribution in [3.8, 4) is 5.88 Å². The predicted molar refractivity (Wildman–Crippen MR) is 119 cm³/mol. The minimum absolute atomic E-state index is 0.234. The highest BCUT2D eigenvalue weighted by atomic mass is 16.3. The van der Waals surface area contributed by atoms with Crippen LogP contribution in [0.15, 0.2) is 40.2 Å². The molecule has 0 atom stereocenters. The molecular weight excluding hydrogens is 424 g/mol. The summed E-state index contributed by atoms with van der Waals surface area (Å²) in [5, 5.41) is 18.1. The van der Waals surface area contributed by atoms with E-state index in [1.807, 2.05) is 35.9 Å². The Morgan fingerprint density at radius 3 is 2.85 bits per heavy atom. The first-order valence-corrected chi connectivity index (χ1v) is 10.5. The van der Waals surface area contributed by atoms with Crippen LogP contribution in [0.25, 0.3) is 22.8 Å². The SMILES string of the molecule is Cn1c(CNc2nc(=NC3CC3)n3nc/c(=C\c4[nH]c(=O)[nH]c4O)c3n2)nc2ccccc21.